The normalized spacial score (nSPS) is 15.4. The minimum absolute atomic E-state index is 0.0184. The van der Waals surface area contributed by atoms with Crippen molar-refractivity contribution >= 4 is 28.8 Å². The van der Waals surface area contributed by atoms with Gasteiger partial charge in [0.1, 0.15) is 17.0 Å². The zero-order valence-corrected chi connectivity index (χ0v) is 16.7. The predicted octanol–water partition coefficient (Wildman–Crippen LogP) is 2.84. The van der Waals surface area contributed by atoms with E-state index < -0.39 is 11.2 Å². The molecule has 0 bridgehead atoms. The molecule has 0 atom stereocenters. The van der Waals surface area contributed by atoms with E-state index in [1.807, 2.05) is 31.7 Å². The molecule has 3 heterocycles. The molecular weight excluding hydrogens is 362 g/mol. The Balaban J connectivity index is 1.77. The molecule has 0 N–H and O–H groups in total. The summed E-state index contributed by atoms with van der Waals surface area (Å²) in [5.41, 5.74) is -0.999. The third kappa shape index (κ3) is 4.49. The lowest BCUT2D eigenvalue weighted by atomic mass is 10.2. The van der Waals surface area contributed by atoms with Crippen molar-refractivity contribution in [1.29, 1.82) is 0 Å². The number of carbonyl (C=O) groups is 2. The van der Waals surface area contributed by atoms with Crippen LogP contribution in [0.2, 0.25) is 0 Å². The smallest absolute Gasteiger partial charge is 0.410 e. The highest BCUT2D eigenvalue weighted by Gasteiger charge is 2.25. The SMILES string of the molecule is CC(=O)c1cc2ccc(N3CCCN(C(=O)OC(C)(C)C)CC3)nc2oc1=O. The molecule has 0 aliphatic carbocycles. The van der Waals surface area contributed by atoms with E-state index in [-0.39, 0.29) is 23.2 Å². The number of aromatic nitrogens is 1. The number of ether oxygens (including phenoxy) is 1. The van der Waals surface area contributed by atoms with Crippen molar-refractivity contribution in [3.63, 3.8) is 0 Å². The molecule has 8 nitrogen and oxygen atoms in total. The molecular formula is C20H25N3O5. The lowest BCUT2D eigenvalue weighted by molar-refractivity contribution is 0.0263. The van der Waals surface area contributed by atoms with E-state index in [0.29, 0.717) is 37.4 Å². The third-order valence-electron chi connectivity index (χ3n) is 4.44. The first kappa shape index (κ1) is 19.9. The summed E-state index contributed by atoms with van der Waals surface area (Å²) in [6, 6.07) is 5.12. The first-order valence-electron chi connectivity index (χ1n) is 9.33. The largest absolute Gasteiger partial charge is 0.444 e. The van der Waals surface area contributed by atoms with E-state index in [1.54, 1.807) is 11.0 Å². The molecule has 1 aliphatic rings. The molecule has 0 radical (unpaired) electrons. The van der Waals surface area contributed by atoms with Crippen molar-refractivity contribution in [2.45, 2.75) is 39.7 Å². The number of fused-ring (bicyclic) bond motifs is 1. The molecule has 0 spiro atoms. The number of ketones is 1. The third-order valence-corrected chi connectivity index (χ3v) is 4.44. The maximum atomic E-state index is 12.3. The number of hydrogen-bond donors (Lipinski definition) is 0. The highest BCUT2D eigenvalue weighted by molar-refractivity contribution is 5.96. The van der Waals surface area contributed by atoms with Crippen LogP contribution in [-0.2, 0) is 4.74 Å². The van der Waals surface area contributed by atoms with Crippen LogP contribution in [0.25, 0.3) is 11.1 Å². The van der Waals surface area contributed by atoms with Gasteiger partial charge in [-0.3, -0.25) is 4.79 Å². The molecule has 1 aliphatic heterocycles. The van der Waals surface area contributed by atoms with Gasteiger partial charge in [0.05, 0.1) is 0 Å². The lowest BCUT2D eigenvalue weighted by Gasteiger charge is -2.26. The molecule has 1 amide bonds. The standard InChI is InChI=1S/C20H25N3O5/c1-13(24)15-12-14-6-7-16(21-17(14)27-18(15)25)22-8-5-9-23(11-10-22)19(26)28-20(2,3)4/h6-7,12H,5,8-11H2,1-4H3. The van der Waals surface area contributed by atoms with Crippen LogP contribution in [0.5, 0.6) is 0 Å². The highest BCUT2D eigenvalue weighted by Crippen LogP contribution is 2.20. The summed E-state index contributed by atoms with van der Waals surface area (Å²) in [6.45, 7) is 9.30. The molecule has 0 saturated carbocycles. The second-order valence-corrected chi connectivity index (χ2v) is 7.88. The van der Waals surface area contributed by atoms with Gasteiger partial charge in [0.2, 0.25) is 5.71 Å². The Labute approximate surface area is 163 Å². The molecule has 2 aromatic heterocycles. The Hall–Kier alpha value is -2.90. The molecule has 3 rings (SSSR count). The summed E-state index contributed by atoms with van der Waals surface area (Å²) in [7, 11) is 0. The first-order chi connectivity index (χ1) is 13.1. The van der Waals surface area contributed by atoms with Crippen LogP contribution in [0.15, 0.2) is 27.4 Å². The van der Waals surface area contributed by atoms with Gasteiger partial charge < -0.3 is 19.0 Å². The average molecular weight is 387 g/mol. The van der Waals surface area contributed by atoms with Crippen molar-refractivity contribution in [3.05, 3.63) is 34.2 Å². The van der Waals surface area contributed by atoms with Gasteiger partial charge in [-0.2, -0.15) is 4.98 Å². The number of anilines is 1. The fourth-order valence-electron chi connectivity index (χ4n) is 3.07. The number of Topliss-reactive ketones (excluding diaryl/α,β-unsaturated/α-hetero) is 1. The zero-order chi connectivity index (χ0) is 20.5. The Morgan fingerprint density at radius 3 is 2.57 bits per heavy atom. The minimum Gasteiger partial charge on any atom is -0.444 e. The fraction of sp³-hybridized carbons (Fsp3) is 0.500. The molecule has 0 unspecified atom stereocenters. The Morgan fingerprint density at radius 1 is 1.14 bits per heavy atom. The van der Waals surface area contributed by atoms with Crippen LogP contribution in [0.1, 0.15) is 44.5 Å². The summed E-state index contributed by atoms with van der Waals surface area (Å²) in [5, 5.41) is 0.596. The molecule has 28 heavy (non-hydrogen) atoms. The van der Waals surface area contributed by atoms with Crippen molar-refractivity contribution in [2.24, 2.45) is 0 Å². The molecule has 8 heteroatoms. The van der Waals surface area contributed by atoms with Gasteiger partial charge in [-0.05, 0) is 52.3 Å². The van der Waals surface area contributed by atoms with E-state index in [4.69, 9.17) is 9.15 Å². The van der Waals surface area contributed by atoms with Crippen LogP contribution >= 0.6 is 0 Å². The van der Waals surface area contributed by atoms with E-state index in [0.717, 1.165) is 6.42 Å². The Kier molecular flexibility index (Phi) is 5.40. The number of carbonyl (C=O) groups excluding carboxylic acids is 2. The zero-order valence-electron chi connectivity index (χ0n) is 16.7. The second kappa shape index (κ2) is 7.61. The van der Waals surface area contributed by atoms with Crippen molar-refractivity contribution < 1.29 is 18.7 Å². The number of hydrogen-bond acceptors (Lipinski definition) is 7. The van der Waals surface area contributed by atoms with Gasteiger partial charge in [0, 0.05) is 31.6 Å². The van der Waals surface area contributed by atoms with E-state index >= 15 is 0 Å². The fourth-order valence-corrected chi connectivity index (χ4v) is 3.07. The number of nitrogens with zero attached hydrogens (tertiary/aromatic N) is 3. The maximum Gasteiger partial charge on any atom is 0.410 e. The predicted molar refractivity (Wildman–Crippen MR) is 105 cm³/mol. The topological polar surface area (TPSA) is 93.0 Å². The van der Waals surface area contributed by atoms with E-state index in [9.17, 15) is 14.4 Å². The van der Waals surface area contributed by atoms with Gasteiger partial charge in [-0.1, -0.05) is 0 Å². The van der Waals surface area contributed by atoms with Crippen molar-refractivity contribution in [2.75, 3.05) is 31.1 Å². The number of amides is 1. The van der Waals surface area contributed by atoms with Gasteiger partial charge >= 0.3 is 11.7 Å². The van der Waals surface area contributed by atoms with Crippen LogP contribution in [0, 0.1) is 0 Å². The van der Waals surface area contributed by atoms with E-state index in [2.05, 4.69) is 4.98 Å². The molecule has 1 saturated heterocycles. The van der Waals surface area contributed by atoms with Crippen LogP contribution in [0.4, 0.5) is 10.6 Å². The summed E-state index contributed by atoms with van der Waals surface area (Å²) >= 11 is 0. The van der Waals surface area contributed by atoms with Gasteiger partial charge in [-0.15, -0.1) is 0 Å². The molecule has 1 fully saturated rings. The number of rotatable bonds is 2. The quantitative estimate of drug-likeness (QED) is 0.732. The molecule has 2 aromatic rings. The summed E-state index contributed by atoms with van der Waals surface area (Å²) < 4.78 is 10.7. The Morgan fingerprint density at radius 2 is 1.89 bits per heavy atom. The Bertz CT molecular complexity index is 960. The highest BCUT2D eigenvalue weighted by atomic mass is 16.6. The summed E-state index contributed by atoms with van der Waals surface area (Å²) in [4.78, 5) is 43.9. The minimum atomic E-state index is -0.684. The van der Waals surface area contributed by atoms with Crippen molar-refractivity contribution in [3.8, 4) is 0 Å². The maximum absolute atomic E-state index is 12.3. The first-order valence-corrected chi connectivity index (χ1v) is 9.33. The van der Waals surface area contributed by atoms with Crippen LogP contribution in [0.3, 0.4) is 0 Å². The van der Waals surface area contributed by atoms with Crippen LogP contribution < -0.4 is 10.5 Å². The number of pyridine rings is 1. The average Bonchev–Trinajstić information content (AvgIpc) is 2.85. The summed E-state index contributed by atoms with van der Waals surface area (Å²) in [6.07, 6.45) is 0.454. The lowest BCUT2D eigenvalue weighted by Crippen LogP contribution is -2.39. The second-order valence-electron chi connectivity index (χ2n) is 7.88. The van der Waals surface area contributed by atoms with Gasteiger partial charge in [0.25, 0.3) is 0 Å². The molecule has 0 aromatic carbocycles. The van der Waals surface area contributed by atoms with Crippen LogP contribution in [-0.4, -0.2) is 53.5 Å². The monoisotopic (exact) mass is 387 g/mol. The summed E-state index contributed by atoms with van der Waals surface area (Å²) in [5.74, 6) is 0.326. The van der Waals surface area contributed by atoms with E-state index in [1.165, 1.54) is 13.0 Å². The van der Waals surface area contributed by atoms with Gasteiger partial charge in [-0.25, -0.2) is 9.59 Å². The van der Waals surface area contributed by atoms with Crippen molar-refractivity contribution in [1.82, 2.24) is 9.88 Å². The van der Waals surface area contributed by atoms with Gasteiger partial charge in [0.15, 0.2) is 5.78 Å². The molecule has 150 valence electrons.